The van der Waals surface area contributed by atoms with Crippen molar-refractivity contribution < 1.29 is 9.59 Å². The Balaban J connectivity index is 1.78. The Morgan fingerprint density at radius 2 is 2.12 bits per heavy atom. The number of nitrogens with one attached hydrogen (secondary N) is 1. The highest BCUT2D eigenvalue weighted by Crippen LogP contribution is 2.26. The molecule has 2 amide bonds. The first-order chi connectivity index (χ1) is 11.6. The number of nitrogens with zero attached hydrogens (tertiary/aromatic N) is 2. The Bertz CT molecular complexity index is 714. The zero-order valence-corrected chi connectivity index (χ0v) is 14.5. The highest BCUT2D eigenvalue weighted by Gasteiger charge is 2.32. The van der Waals surface area contributed by atoms with Gasteiger partial charge in [0.2, 0.25) is 11.8 Å². The molecule has 0 radical (unpaired) electrons. The number of amides is 2. The van der Waals surface area contributed by atoms with Crippen LogP contribution < -0.4 is 5.32 Å². The van der Waals surface area contributed by atoms with E-state index < -0.39 is 6.04 Å². The van der Waals surface area contributed by atoms with Gasteiger partial charge in [-0.25, -0.2) is 4.98 Å². The van der Waals surface area contributed by atoms with E-state index in [1.165, 1.54) is 0 Å². The number of carbonyl (C=O) groups is 2. The average Bonchev–Trinajstić information content (AvgIpc) is 3.01. The van der Waals surface area contributed by atoms with Gasteiger partial charge in [0.1, 0.15) is 6.04 Å². The van der Waals surface area contributed by atoms with Crippen LogP contribution >= 0.6 is 11.3 Å². The molecule has 0 saturated carbocycles. The lowest BCUT2D eigenvalue weighted by molar-refractivity contribution is -0.142. The molecule has 1 aromatic carbocycles. The lowest BCUT2D eigenvalue weighted by Crippen LogP contribution is -2.45. The molecule has 1 atom stereocenters. The topological polar surface area (TPSA) is 62.3 Å². The second kappa shape index (κ2) is 7.57. The molecule has 6 heteroatoms. The maximum Gasteiger partial charge on any atom is 0.247 e. The van der Waals surface area contributed by atoms with Crippen molar-refractivity contribution in [3.63, 3.8) is 0 Å². The van der Waals surface area contributed by atoms with Crippen LogP contribution in [-0.4, -0.2) is 28.2 Å². The molecule has 2 aromatic rings. The van der Waals surface area contributed by atoms with Crippen molar-refractivity contribution in [1.29, 1.82) is 0 Å². The summed E-state index contributed by atoms with van der Waals surface area (Å²) < 4.78 is 0. The third-order valence-electron chi connectivity index (χ3n) is 4.14. The van der Waals surface area contributed by atoms with Gasteiger partial charge in [-0.2, -0.15) is 0 Å². The van der Waals surface area contributed by atoms with Gasteiger partial charge >= 0.3 is 0 Å². The summed E-state index contributed by atoms with van der Waals surface area (Å²) in [5.41, 5.74) is 0.853. The van der Waals surface area contributed by atoms with Crippen LogP contribution in [0.2, 0.25) is 0 Å². The predicted molar refractivity (Wildman–Crippen MR) is 93.4 cm³/mol. The summed E-state index contributed by atoms with van der Waals surface area (Å²) >= 11 is 1.57. The maximum atomic E-state index is 12.8. The van der Waals surface area contributed by atoms with Crippen LogP contribution in [0.1, 0.15) is 40.8 Å². The molecule has 1 fully saturated rings. The van der Waals surface area contributed by atoms with E-state index >= 15 is 0 Å². The van der Waals surface area contributed by atoms with E-state index in [4.69, 9.17) is 0 Å². The van der Waals surface area contributed by atoms with Crippen molar-refractivity contribution in [2.75, 3.05) is 6.54 Å². The van der Waals surface area contributed by atoms with Crippen molar-refractivity contribution in [3.8, 4) is 0 Å². The maximum absolute atomic E-state index is 12.8. The minimum Gasteiger partial charge on any atom is -0.349 e. The van der Waals surface area contributed by atoms with Gasteiger partial charge in [0.05, 0.1) is 11.6 Å². The molecule has 5 nitrogen and oxygen atoms in total. The van der Waals surface area contributed by atoms with Crippen LogP contribution in [0.15, 0.2) is 36.5 Å². The molecule has 0 spiro atoms. The minimum absolute atomic E-state index is 0.0545. The van der Waals surface area contributed by atoms with Crippen molar-refractivity contribution in [2.24, 2.45) is 0 Å². The van der Waals surface area contributed by atoms with E-state index in [-0.39, 0.29) is 11.8 Å². The first-order valence-electron chi connectivity index (χ1n) is 8.18. The number of likely N-dealkylation sites (tertiary alicyclic amines) is 1. The predicted octanol–water partition coefficient (Wildman–Crippen LogP) is 2.82. The van der Waals surface area contributed by atoms with E-state index in [0.29, 0.717) is 19.5 Å². The number of piperidine rings is 1. The van der Waals surface area contributed by atoms with Gasteiger partial charge in [-0.15, -0.1) is 11.3 Å². The van der Waals surface area contributed by atoms with Crippen LogP contribution in [0.5, 0.6) is 0 Å². The highest BCUT2D eigenvalue weighted by atomic mass is 32.1. The molecule has 3 rings (SSSR count). The molecule has 126 valence electrons. The summed E-state index contributed by atoms with van der Waals surface area (Å²) in [7, 11) is 0. The zero-order chi connectivity index (χ0) is 16.9. The molecule has 0 aliphatic carbocycles. The average molecular weight is 343 g/mol. The fourth-order valence-electron chi connectivity index (χ4n) is 2.97. The molecular weight excluding hydrogens is 322 g/mol. The Morgan fingerprint density at radius 1 is 1.33 bits per heavy atom. The number of hydrogen-bond donors (Lipinski definition) is 1. The largest absolute Gasteiger partial charge is 0.349 e. The number of carbonyl (C=O) groups excluding carboxylic acids is 2. The van der Waals surface area contributed by atoms with Gasteiger partial charge < -0.3 is 10.2 Å². The molecule has 1 aliphatic heterocycles. The number of hydrogen-bond acceptors (Lipinski definition) is 4. The molecule has 1 aromatic heterocycles. The summed E-state index contributed by atoms with van der Waals surface area (Å²) in [6, 6.07) is 8.96. The molecule has 24 heavy (non-hydrogen) atoms. The monoisotopic (exact) mass is 343 g/mol. The lowest BCUT2D eigenvalue weighted by atomic mass is 10.0. The van der Waals surface area contributed by atoms with Crippen LogP contribution in [0.4, 0.5) is 0 Å². The SMILES string of the molecule is Cc1ncc(CNC(=O)[C@@H](c2ccccc2)N2CCCCC2=O)s1. The van der Waals surface area contributed by atoms with Gasteiger partial charge in [-0.3, -0.25) is 9.59 Å². The second-order valence-corrected chi connectivity index (χ2v) is 7.24. The minimum atomic E-state index is -0.562. The Hall–Kier alpha value is -2.21. The van der Waals surface area contributed by atoms with E-state index in [9.17, 15) is 9.59 Å². The summed E-state index contributed by atoms with van der Waals surface area (Å²) in [5, 5.41) is 3.94. The van der Waals surface area contributed by atoms with E-state index in [2.05, 4.69) is 10.3 Å². The van der Waals surface area contributed by atoms with Gasteiger partial charge in [0, 0.05) is 24.0 Å². The highest BCUT2D eigenvalue weighted by molar-refractivity contribution is 7.11. The second-order valence-electron chi connectivity index (χ2n) is 5.92. The quantitative estimate of drug-likeness (QED) is 0.908. The Morgan fingerprint density at radius 3 is 2.79 bits per heavy atom. The van der Waals surface area contributed by atoms with Gasteiger partial charge in [-0.05, 0) is 25.3 Å². The third kappa shape index (κ3) is 3.82. The summed E-state index contributed by atoms with van der Waals surface area (Å²) in [5.74, 6) is -0.0820. The normalized spacial score (nSPS) is 16.0. The fraction of sp³-hybridized carbons (Fsp3) is 0.389. The van der Waals surface area contributed by atoms with Crippen molar-refractivity contribution in [2.45, 2.75) is 38.8 Å². The number of thiazole rings is 1. The van der Waals surface area contributed by atoms with E-state index in [0.717, 1.165) is 28.3 Å². The molecular formula is C18H21N3O2S. The first-order valence-corrected chi connectivity index (χ1v) is 9.00. The standard InChI is InChI=1S/C18H21N3O2S/c1-13-19-11-15(24-13)12-20-18(23)17(14-7-3-2-4-8-14)21-10-6-5-9-16(21)22/h2-4,7-8,11,17H,5-6,9-10,12H2,1H3,(H,20,23)/t17-/m1/s1. The van der Waals surface area contributed by atoms with Crippen molar-refractivity contribution >= 4 is 23.2 Å². The summed E-state index contributed by atoms with van der Waals surface area (Å²) in [4.78, 5) is 32.1. The van der Waals surface area contributed by atoms with Gasteiger partial charge in [0.15, 0.2) is 0 Å². The zero-order valence-electron chi connectivity index (χ0n) is 13.7. The first kappa shape index (κ1) is 16.6. The number of rotatable bonds is 5. The molecule has 0 unspecified atom stereocenters. The van der Waals surface area contributed by atoms with Crippen LogP contribution in [0.3, 0.4) is 0 Å². The van der Waals surface area contributed by atoms with Crippen molar-refractivity contribution in [1.82, 2.24) is 15.2 Å². The molecule has 0 bridgehead atoms. The van der Waals surface area contributed by atoms with E-state index in [1.807, 2.05) is 37.3 Å². The molecule has 1 saturated heterocycles. The lowest BCUT2D eigenvalue weighted by Gasteiger charge is -2.34. The summed E-state index contributed by atoms with van der Waals surface area (Å²) in [6.07, 6.45) is 4.14. The van der Waals surface area contributed by atoms with Gasteiger partial charge in [-0.1, -0.05) is 30.3 Å². The third-order valence-corrected chi connectivity index (χ3v) is 5.05. The number of aryl methyl sites for hydroxylation is 1. The van der Waals surface area contributed by atoms with Crippen LogP contribution in [0.25, 0.3) is 0 Å². The van der Waals surface area contributed by atoms with Gasteiger partial charge in [0.25, 0.3) is 0 Å². The van der Waals surface area contributed by atoms with E-state index in [1.54, 1.807) is 22.4 Å². The van der Waals surface area contributed by atoms with Crippen LogP contribution in [-0.2, 0) is 16.1 Å². The van der Waals surface area contributed by atoms with Crippen LogP contribution in [0, 0.1) is 6.92 Å². The Labute approximate surface area is 145 Å². The smallest absolute Gasteiger partial charge is 0.247 e. The molecule has 2 heterocycles. The fourth-order valence-corrected chi connectivity index (χ4v) is 3.70. The number of aromatic nitrogens is 1. The van der Waals surface area contributed by atoms with Crippen molar-refractivity contribution in [3.05, 3.63) is 52.0 Å². The molecule has 1 N–H and O–H groups in total. The Kier molecular flexibility index (Phi) is 5.25. The summed E-state index contributed by atoms with van der Waals surface area (Å²) in [6.45, 7) is 3.01. The molecule has 1 aliphatic rings. The number of benzene rings is 1.